The van der Waals surface area contributed by atoms with Gasteiger partial charge < -0.3 is 0 Å². The summed E-state index contributed by atoms with van der Waals surface area (Å²) in [6.45, 7) is 4.33. The maximum atomic E-state index is 10.4. The number of carbonyl (C=O) groups is 8. The smallest absolute Gasteiger partial charge is 0.253 e. The van der Waals surface area contributed by atoms with Crippen molar-refractivity contribution in [2.24, 2.45) is 11.8 Å². The molecule has 0 aromatic carbocycles. The van der Waals surface area contributed by atoms with E-state index in [-0.39, 0.29) is 69.6 Å². The van der Waals surface area contributed by atoms with Gasteiger partial charge in [0.2, 0.25) is 0 Å². The van der Waals surface area contributed by atoms with Crippen LogP contribution in [0.1, 0.15) is 13.8 Å². The van der Waals surface area contributed by atoms with Crippen molar-refractivity contribution in [3.63, 3.8) is 0 Å². The number of imide groups is 4. The number of nitrogens with zero attached hydrogens (tertiary/aromatic N) is 4. The van der Waals surface area contributed by atoms with Gasteiger partial charge in [-0.25, -0.2) is 0 Å². The van der Waals surface area contributed by atoms with Crippen molar-refractivity contribution in [1.29, 1.82) is 0 Å². The van der Waals surface area contributed by atoms with Crippen molar-refractivity contribution in [3.8, 4) is 0 Å². The quantitative estimate of drug-likeness (QED) is 0.266. The first-order valence-corrected chi connectivity index (χ1v) is 13.3. The van der Waals surface area contributed by atoms with Crippen LogP contribution in [-0.2, 0) is 60.7 Å². The normalized spacial score (nSPS) is 18.4. The number of allylic oxidation sites excluding steroid dienone is 8. The van der Waals surface area contributed by atoms with Gasteiger partial charge in [-0.05, 0) is 11.8 Å². The molecule has 243 valence electrons. The molecule has 8 amide bonds. The topological polar surface area (TPSA) is 150 Å². The summed E-state index contributed by atoms with van der Waals surface area (Å²) in [7, 11) is 5.80. The molecule has 0 fully saturated rings. The fourth-order valence-electron chi connectivity index (χ4n) is 2.99. The van der Waals surface area contributed by atoms with E-state index in [4.69, 9.17) is 0 Å². The van der Waals surface area contributed by atoms with Crippen molar-refractivity contribution < 1.29 is 60.7 Å². The molecule has 45 heavy (non-hydrogen) atoms. The number of carbonyl (C=O) groups excluding carboxylic acids is 8. The van der Waals surface area contributed by atoms with Crippen LogP contribution in [0, 0.1) is 11.8 Å². The fraction of sp³-hybridized carbons (Fsp3) is 0.250. The van der Waals surface area contributed by atoms with Gasteiger partial charge in [0.15, 0.2) is 0 Å². The van der Waals surface area contributed by atoms with Gasteiger partial charge in [-0.15, -0.1) is 0 Å². The zero-order chi connectivity index (χ0) is 33.4. The summed E-state index contributed by atoms with van der Waals surface area (Å²) < 4.78 is 0. The Morgan fingerprint density at radius 1 is 0.356 bits per heavy atom. The minimum Gasteiger partial charge on any atom is -0.279 e. The van der Waals surface area contributed by atoms with Crippen LogP contribution in [0.15, 0.2) is 97.2 Å². The Kier molecular flexibility index (Phi) is 18.1. The Bertz CT molecular complexity index is 1140. The van der Waals surface area contributed by atoms with Crippen LogP contribution in [0.4, 0.5) is 0 Å². The van der Waals surface area contributed by atoms with Crippen molar-refractivity contribution in [1.82, 2.24) is 19.6 Å². The molecule has 6 aliphatic rings. The summed E-state index contributed by atoms with van der Waals surface area (Å²) in [6, 6.07) is 0. The first-order valence-electron chi connectivity index (χ1n) is 13.3. The monoisotopic (exact) mass is 801 g/mol. The van der Waals surface area contributed by atoms with Gasteiger partial charge in [0.25, 0.3) is 47.3 Å². The van der Waals surface area contributed by atoms with E-state index >= 15 is 0 Å². The summed E-state index contributed by atoms with van der Waals surface area (Å²) >= 11 is 0. The van der Waals surface area contributed by atoms with Crippen LogP contribution in [0.3, 0.4) is 0 Å². The van der Waals surface area contributed by atoms with Gasteiger partial charge in [0.05, 0.1) is 0 Å². The predicted octanol–water partition coefficient (Wildman–Crippen LogP) is 1.66. The van der Waals surface area contributed by atoms with Gasteiger partial charge >= 0.3 is 0 Å². The summed E-state index contributed by atoms with van der Waals surface area (Å²) in [5.74, 6) is -0.556. The van der Waals surface area contributed by atoms with Crippen LogP contribution < -0.4 is 0 Å². The average Bonchev–Trinajstić information content (AvgIpc) is 3.88. The minimum atomic E-state index is -0.241. The van der Waals surface area contributed by atoms with E-state index in [1.165, 1.54) is 76.8 Å². The minimum absolute atomic E-state index is 0. The summed E-state index contributed by atoms with van der Waals surface area (Å²) in [4.78, 5) is 87.4. The number of rotatable bonds is 0. The molecule has 1 radical (unpaired) electrons. The van der Waals surface area contributed by atoms with Gasteiger partial charge in [-0.3, -0.25) is 58.0 Å². The Balaban J connectivity index is 0.000000516. The van der Waals surface area contributed by atoms with E-state index < -0.39 is 0 Å². The Morgan fingerprint density at radius 2 is 0.489 bits per heavy atom. The van der Waals surface area contributed by atoms with Crippen LogP contribution in [-0.4, -0.2) is 95.0 Å². The maximum Gasteiger partial charge on any atom is 0.253 e. The molecule has 0 unspecified atom stereocenters. The number of likely N-dealkylation sites (N-methyl/N-ethyl adjacent to an activating group) is 4. The van der Waals surface area contributed by atoms with Gasteiger partial charge in [0, 0.05) is 99.2 Å². The first-order chi connectivity index (χ1) is 20.6. The van der Waals surface area contributed by atoms with E-state index in [2.05, 4.69) is 62.5 Å². The number of hydrogen-bond donors (Lipinski definition) is 0. The molecule has 13 heteroatoms. The third kappa shape index (κ3) is 14.5. The molecule has 0 saturated heterocycles. The fourth-order valence-corrected chi connectivity index (χ4v) is 2.99. The SMILES string of the molecule is CC1C=CC=C1.CC1C=CC=C1.CN1C(=O)C=CC1=O.CN1C(=O)C=CC1=O.CN1C(=O)C=CC1=O.CN1C(=O)C=CC1=O.[Au]. The second kappa shape index (κ2) is 20.2. The van der Waals surface area contributed by atoms with Crippen LogP contribution in [0.25, 0.3) is 0 Å². The molecule has 0 aromatic rings. The molecule has 2 aliphatic carbocycles. The largest absolute Gasteiger partial charge is 0.279 e. The molecule has 0 aromatic heterocycles. The maximum absolute atomic E-state index is 10.4. The summed E-state index contributed by atoms with van der Waals surface area (Å²) in [6.07, 6.45) is 27.0. The van der Waals surface area contributed by atoms with E-state index in [1.54, 1.807) is 0 Å². The zero-order valence-corrected chi connectivity index (χ0v) is 27.9. The van der Waals surface area contributed by atoms with Crippen molar-refractivity contribution >= 4 is 47.3 Å². The molecule has 0 saturated carbocycles. The van der Waals surface area contributed by atoms with Gasteiger partial charge in [-0.2, -0.15) is 0 Å². The molecule has 0 atom stereocenters. The Morgan fingerprint density at radius 3 is 0.533 bits per heavy atom. The van der Waals surface area contributed by atoms with E-state index in [0.29, 0.717) is 11.8 Å². The molecule has 12 nitrogen and oxygen atoms in total. The molecule has 0 bridgehead atoms. The summed E-state index contributed by atoms with van der Waals surface area (Å²) in [5.41, 5.74) is 0. The number of hydrogen-bond acceptors (Lipinski definition) is 8. The van der Waals surface area contributed by atoms with Crippen LogP contribution in [0.5, 0.6) is 0 Å². The molecule has 0 N–H and O–H groups in total. The zero-order valence-electron chi connectivity index (χ0n) is 25.7. The Hall–Kier alpha value is -4.78. The Labute approximate surface area is 277 Å². The van der Waals surface area contributed by atoms with Crippen molar-refractivity contribution in [2.45, 2.75) is 13.8 Å². The third-order valence-corrected chi connectivity index (χ3v) is 6.00. The van der Waals surface area contributed by atoms with Crippen molar-refractivity contribution in [2.75, 3.05) is 28.2 Å². The molecular formula is C32H36AuN4O8. The standard InChI is InChI=1S/2C6H8.4C5H5NO2.Au/c2*1-6-4-2-3-5-6;4*1-6-4(7)2-3-5(6)8;/h2*2-6H,1H3;4*2-3H,1H3;. The van der Waals surface area contributed by atoms with Crippen LogP contribution >= 0.6 is 0 Å². The first kappa shape index (κ1) is 40.2. The predicted molar refractivity (Wildman–Crippen MR) is 163 cm³/mol. The molecule has 4 aliphatic heterocycles. The molecular weight excluding hydrogens is 765 g/mol. The second-order valence-corrected chi connectivity index (χ2v) is 9.53. The van der Waals surface area contributed by atoms with E-state index in [1.807, 2.05) is 0 Å². The van der Waals surface area contributed by atoms with Crippen molar-refractivity contribution in [3.05, 3.63) is 97.2 Å². The van der Waals surface area contributed by atoms with E-state index in [9.17, 15) is 38.4 Å². The molecule has 6 rings (SSSR count). The van der Waals surface area contributed by atoms with Crippen LogP contribution in [0.2, 0.25) is 0 Å². The number of amides is 8. The second-order valence-electron chi connectivity index (χ2n) is 9.53. The molecule has 4 heterocycles. The average molecular weight is 802 g/mol. The van der Waals surface area contributed by atoms with Gasteiger partial charge in [0.1, 0.15) is 0 Å². The van der Waals surface area contributed by atoms with E-state index in [0.717, 1.165) is 19.6 Å². The third-order valence-electron chi connectivity index (χ3n) is 6.00. The molecule has 0 spiro atoms. The van der Waals surface area contributed by atoms with Gasteiger partial charge in [-0.1, -0.05) is 62.5 Å². The summed E-state index contributed by atoms with van der Waals surface area (Å²) in [5, 5.41) is 0.